The molecule has 8 heteroatoms. The monoisotopic (exact) mass is 449 g/mol. The first-order valence-corrected chi connectivity index (χ1v) is 11.0. The first-order chi connectivity index (χ1) is 15.2. The lowest BCUT2D eigenvalue weighted by Gasteiger charge is -2.06. The second-order valence-electron chi connectivity index (χ2n) is 7.59. The molecule has 178 valence electrons. The van der Waals surface area contributed by atoms with Crippen LogP contribution < -0.4 is 4.74 Å². The van der Waals surface area contributed by atoms with E-state index in [1.807, 2.05) is 6.07 Å². The van der Waals surface area contributed by atoms with Crippen molar-refractivity contribution in [3.63, 3.8) is 0 Å². The zero-order chi connectivity index (χ0) is 24.4. The normalized spacial score (nSPS) is 9.91. The predicted octanol–water partition coefficient (Wildman–Crippen LogP) is 5.41. The minimum Gasteiger partial charge on any atom is -0.497 e. The van der Waals surface area contributed by atoms with Crippen molar-refractivity contribution in [3.8, 4) is 11.8 Å². The van der Waals surface area contributed by atoms with Crippen molar-refractivity contribution in [2.45, 2.75) is 84.0 Å². The molecule has 1 aromatic carbocycles. The molecular weight excluding hydrogens is 414 g/mol. The fourth-order valence-corrected chi connectivity index (χ4v) is 3.11. The Morgan fingerprint density at radius 2 is 1.22 bits per heavy atom. The lowest BCUT2D eigenvalue weighted by Crippen LogP contribution is -2.02. The van der Waals surface area contributed by atoms with Gasteiger partial charge in [0, 0.05) is 12.8 Å². The Morgan fingerprint density at radius 3 is 1.53 bits per heavy atom. The lowest BCUT2D eigenvalue weighted by atomic mass is 10.0. The molecule has 0 atom stereocenters. The van der Waals surface area contributed by atoms with Crippen molar-refractivity contribution < 1.29 is 34.4 Å². The Hall–Kier alpha value is -3.08. The largest absolute Gasteiger partial charge is 0.497 e. The van der Waals surface area contributed by atoms with Gasteiger partial charge >= 0.3 is 17.9 Å². The highest BCUT2D eigenvalue weighted by molar-refractivity contribution is 5.90. The van der Waals surface area contributed by atoms with Gasteiger partial charge in [-0.2, -0.15) is 5.26 Å². The smallest absolute Gasteiger partial charge is 0.336 e. The summed E-state index contributed by atoms with van der Waals surface area (Å²) in [5, 5.41) is 34.5. The number of carboxylic acid groups (broad SMARTS) is 3. The molecule has 0 saturated carbocycles. The summed E-state index contributed by atoms with van der Waals surface area (Å²) in [6, 6.07) is 4.84. The van der Waals surface area contributed by atoms with E-state index >= 15 is 0 Å². The average Bonchev–Trinajstić information content (AvgIpc) is 2.74. The minimum atomic E-state index is -1.06. The molecular formula is C24H35NO7. The summed E-state index contributed by atoms with van der Waals surface area (Å²) in [6.45, 7) is 1.60. The standard InChI is InChI=1S/C14H26O4.C10H9NO3/c15-13(16)11-9-7-5-3-1-2-4-6-8-10-12-14(17)18;1-6-7(5-11)3-8(14-2)4-9(6)10(12)13/h1-12H2,(H,15,16)(H,17,18);3-4H,1-2H3,(H,12,13). The maximum Gasteiger partial charge on any atom is 0.336 e. The summed E-state index contributed by atoms with van der Waals surface area (Å²) in [5.74, 6) is -2.07. The lowest BCUT2D eigenvalue weighted by molar-refractivity contribution is -0.138. The van der Waals surface area contributed by atoms with Crippen molar-refractivity contribution in [3.05, 3.63) is 28.8 Å². The maximum atomic E-state index is 10.8. The molecule has 0 aliphatic rings. The van der Waals surface area contributed by atoms with E-state index < -0.39 is 17.9 Å². The summed E-state index contributed by atoms with van der Waals surface area (Å²) in [6.07, 6.45) is 11.3. The van der Waals surface area contributed by atoms with Gasteiger partial charge in [0.1, 0.15) is 5.75 Å². The first kappa shape index (κ1) is 28.9. The number of unbranched alkanes of at least 4 members (excludes halogenated alkanes) is 9. The highest BCUT2D eigenvalue weighted by atomic mass is 16.5. The van der Waals surface area contributed by atoms with Gasteiger partial charge in [0.2, 0.25) is 0 Å². The zero-order valence-electron chi connectivity index (χ0n) is 19.1. The number of rotatable bonds is 15. The van der Waals surface area contributed by atoms with Crippen molar-refractivity contribution >= 4 is 17.9 Å². The van der Waals surface area contributed by atoms with Gasteiger partial charge in [-0.15, -0.1) is 0 Å². The molecule has 0 spiro atoms. The number of benzene rings is 1. The maximum absolute atomic E-state index is 10.8. The van der Waals surface area contributed by atoms with E-state index in [9.17, 15) is 14.4 Å². The molecule has 0 aromatic heterocycles. The molecule has 0 bridgehead atoms. The average molecular weight is 450 g/mol. The van der Waals surface area contributed by atoms with Gasteiger partial charge in [-0.3, -0.25) is 9.59 Å². The van der Waals surface area contributed by atoms with Gasteiger partial charge in [-0.25, -0.2) is 4.79 Å². The molecule has 1 aromatic rings. The van der Waals surface area contributed by atoms with Crippen LogP contribution in [0.4, 0.5) is 0 Å². The van der Waals surface area contributed by atoms with Gasteiger partial charge in [0.05, 0.1) is 24.3 Å². The van der Waals surface area contributed by atoms with Gasteiger partial charge in [0.25, 0.3) is 0 Å². The van der Waals surface area contributed by atoms with Gasteiger partial charge in [-0.05, 0) is 37.5 Å². The van der Waals surface area contributed by atoms with E-state index in [4.69, 9.17) is 25.3 Å². The Morgan fingerprint density at radius 1 is 0.812 bits per heavy atom. The van der Waals surface area contributed by atoms with Crippen LogP contribution in [0.5, 0.6) is 5.75 Å². The molecule has 8 nitrogen and oxygen atoms in total. The zero-order valence-corrected chi connectivity index (χ0v) is 19.1. The van der Waals surface area contributed by atoms with Crippen molar-refractivity contribution in [1.29, 1.82) is 5.26 Å². The topological polar surface area (TPSA) is 145 Å². The third kappa shape index (κ3) is 14.0. The van der Waals surface area contributed by atoms with E-state index in [2.05, 4.69) is 0 Å². The Labute approximate surface area is 189 Å². The number of hydrogen-bond donors (Lipinski definition) is 3. The molecule has 0 heterocycles. The van der Waals surface area contributed by atoms with E-state index in [1.54, 1.807) is 6.92 Å². The van der Waals surface area contributed by atoms with E-state index in [0.29, 0.717) is 29.7 Å². The predicted molar refractivity (Wildman–Crippen MR) is 120 cm³/mol. The number of carbonyl (C=O) groups is 3. The van der Waals surface area contributed by atoms with Crippen molar-refractivity contribution in [1.82, 2.24) is 0 Å². The second kappa shape index (κ2) is 17.6. The van der Waals surface area contributed by atoms with E-state index in [-0.39, 0.29) is 5.56 Å². The number of ether oxygens (including phenoxy) is 1. The van der Waals surface area contributed by atoms with Crippen LogP contribution in [0.2, 0.25) is 0 Å². The van der Waals surface area contributed by atoms with Crippen LogP contribution in [0, 0.1) is 18.3 Å². The summed E-state index contributed by atoms with van der Waals surface area (Å²) >= 11 is 0. The van der Waals surface area contributed by atoms with Crippen LogP contribution in [-0.2, 0) is 9.59 Å². The van der Waals surface area contributed by atoms with Gasteiger partial charge in [-0.1, -0.05) is 51.4 Å². The number of aliphatic carboxylic acids is 2. The molecule has 0 aliphatic carbocycles. The molecule has 0 amide bonds. The van der Waals surface area contributed by atoms with Crippen LogP contribution in [0.1, 0.15) is 98.5 Å². The van der Waals surface area contributed by atoms with Crippen molar-refractivity contribution in [2.75, 3.05) is 7.11 Å². The third-order valence-electron chi connectivity index (χ3n) is 5.00. The number of methoxy groups -OCH3 is 1. The van der Waals surface area contributed by atoms with Crippen LogP contribution in [0.3, 0.4) is 0 Å². The van der Waals surface area contributed by atoms with Crippen LogP contribution >= 0.6 is 0 Å². The molecule has 0 aliphatic heterocycles. The summed E-state index contributed by atoms with van der Waals surface area (Å²) < 4.78 is 4.89. The van der Waals surface area contributed by atoms with E-state index in [0.717, 1.165) is 38.5 Å². The Bertz CT molecular complexity index is 744. The number of nitrogens with zero attached hydrogens (tertiary/aromatic N) is 1. The highest BCUT2D eigenvalue weighted by Gasteiger charge is 2.12. The molecule has 0 unspecified atom stereocenters. The SMILES string of the molecule is COc1cc(C#N)c(C)c(C(=O)O)c1.O=C(O)CCCCCCCCCCCCC(=O)O. The van der Waals surface area contributed by atoms with Crippen LogP contribution in [0.15, 0.2) is 12.1 Å². The number of carboxylic acids is 3. The second-order valence-corrected chi connectivity index (χ2v) is 7.59. The van der Waals surface area contributed by atoms with Gasteiger partial charge < -0.3 is 20.1 Å². The van der Waals surface area contributed by atoms with Crippen molar-refractivity contribution in [2.24, 2.45) is 0 Å². The first-order valence-electron chi connectivity index (χ1n) is 11.0. The molecule has 32 heavy (non-hydrogen) atoms. The quantitative estimate of drug-likeness (QED) is 0.301. The van der Waals surface area contributed by atoms with E-state index in [1.165, 1.54) is 44.9 Å². The van der Waals surface area contributed by atoms with Crippen LogP contribution in [-0.4, -0.2) is 40.3 Å². The third-order valence-corrected chi connectivity index (χ3v) is 5.00. The summed E-state index contributed by atoms with van der Waals surface area (Å²) in [7, 11) is 1.43. The number of nitriles is 1. The Balaban J connectivity index is 0.000000618. The summed E-state index contributed by atoms with van der Waals surface area (Å²) in [5.41, 5.74) is 0.878. The molecule has 1 rings (SSSR count). The minimum absolute atomic E-state index is 0.0981. The molecule has 0 saturated heterocycles. The number of aromatic carboxylic acids is 1. The summed E-state index contributed by atoms with van der Waals surface area (Å²) in [4.78, 5) is 31.3. The highest BCUT2D eigenvalue weighted by Crippen LogP contribution is 2.21. The molecule has 3 N–H and O–H groups in total. The molecule has 0 radical (unpaired) electrons. The molecule has 0 fully saturated rings. The fraction of sp³-hybridized carbons (Fsp3) is 0.583. The van der Waals surface area contributed by atoms with Crippen LogP contribution in [0.25, 0.3) is 0 Å². The van der Waals surface area contributed by atoms with Gasteiger partial charge in [0.15, 0.2) is 0 Å². The Kier molecular flexibility index (Phi) is 15.9. The fourth-order valence-electron chi connectivity index (χ4n) is 3.11. The number of hydrogen-bond acceptors (Lipinski definition) is 5.